The molecule has 0 atom stereocenters. The van der Waals surface area contributed by atoms with Crippen LogP contribution in [0.4, 0.5) is 9.52 Å². The van der Waals surface area contributed by atoms with Crippen molar-refractivity contribution < 1.29 is 13.9 Å². The first-order valence-corrected chi connectivity index (χ1v) is 11.4. The van der Waals surface area contributed by atoms with Crippen LogP contribution in [0.25, 0.3) is 10.2 Å². The first-order chi connectivity index (χ1) is 14.1. The number of carbonyl (C=O) groups is 1. The normalized spacial score (nSPS) is 14.5. The second-order valence-electron chi connectivity index (χ2n) is 6.83. The standard InChI is InChI=1S/C21H21FIN3O2S.ClH/c22-16-6-3-8-18-19(16)24-21(29-18)26(10-4-9-25-11-13-28-14-12-25)20(27)15-5-1-2-7-17(15)23;/h1-3,5-8H,4,9-14H2;1H. The quantitative estimate of drug-likeness (QED) is 0.405. The Morgan fingerprint density at radius 3 is 2.70 bits per heavy atom. The Hall–Kier alpha value is -1.33. The van der Waals surface area contributed by atoms with E-state index < -0.39 is 0 Å². The van der Waals surface area contributed by atoms with E-state index in [-0.39, 0.29) is 24.1 Å². The summed E-state index contributed by atoms with van der Waals surface area (Å²) in [5.74, 6) is -0.462. The number of hydrogen-bond acceptors (Lipinski definition) is 5. The summed E-state index contributed by atoms with van der Waals surface area (Å²) in [6.45, 7) is 4.75. The maximum absolute atomic E-state index is 14.2. The Bertz CT molecular complexity index is 1010. The fourth-order valence-corrected chi connectivity index (χ4v) is 4.98. The van der Waals surface area contributed by atoms with E-state index in [1.807, 2.05) is 30.3 Å². The third-order valence-electron chi connectivity index (χ3n) is 4.90. The molecule has 0 saturated carbocycles. The number of fused-ring (bicyclic) bond motifs is 1. The van der Waals surface area contributed by atoms with Crippen LogP contribution >= 0.6 is 46.3 Å². The van der Waals surface area contributed by atoms with E-state index in [1.54, 1.807) is 11.0 Å². The van der Waals surface area contributed by atoms with E-state index in [2.05, 4.69) is 32.5 Å². The van der Waals surface area contributed by atoms with Gasteiger partial charge < -0.3 is 4.74 Å². The van der Waals surface area contributed by atoms with E-state index >= 15 is 0 Å². The number of nitrogens with zero attached hydrogens (tertiary/aromatic N) is 3. The topological polar surface area (TPSA) is 45.7 Å². The van der Waals surface area contributed by atoms with Gasteiger partial charge in [0.15, 0.2) is 5.13 Å². The lowest BCUT2D eigenvalue weighted by atomic mass is 10.2. The molecule has 0 bridgehead atoms. The zero-order chi connectivity index (χ0) is 20.2. The third kappa shape index (κ3) is 5.28. The molecule has 2 aromatic carbocycles. The van der Waals surface area contributed by atoms with Crippen molar-refractivity contribution in [3.8, 4) is 0 Å². The van der Waals surface area contributed by atoms with Crippen molar-refractivity contribution in [2.75, 3.05) is 44.3 Å². The van der Waals surface area contributed by atoms with Crippen molar-refractivity contribution in [2.24, 2.45) is 0 Å². The van der Waals surface area contributed by atoms with Crippen LogP contribution in [-0.2, 0) is 4.74 Å². The van der Waals surface area contributed by atoms with E-state index in [0.29, 0.717) is 22.8 Å². The van der Waals surface area contributed by atoms with Gasteiger partial charge in [0.1, 0.15) is 11.3 Å². The maximum atomic E-state index is 14.2. The molecule has 0 aliphatic carbocycles. The summed E-state index contributed by atoms with van der Waals surface area (Å²) in [5.41, 5.74) is 0.959. The lowest BCUT2D eigenvalue weighted by Gasteiger charge is -2.27. The number of para-hydroxylation sites is 1. The van der Waals surface area contributed by atoms with E-state index in [9.17, 15) is 9.18 Å². The first kappa shape index (κ1) is 23.3. The van der Waals surface area contributed by atoms with Crippen molar-refractivity contribution in [2.45, 2.75) is 6.42 Å². The van der Waals surface area contributed by atoms with Gasteiger partial charge in [-0.15, -0.1) is 12.4 Å². The van der Waals surface area contributed by atoms with Crippen LogP contribution in [0.1, 0.15) is 16.8 Å². The molecule has 4 rings (SSSR count). The van der Waals surface area contributed by atoms with Crippen LogP contribution in [-0.4, -0.2) is 55.2 Å². The molecule has 3 aromatic rings. The molecule has 1 aliphatic heterocycles. The number of aromatic nitrogens is 1. The average molecular weight is 562 g/mol. The Kier molecular flexibility index (Phi) is 8.41. The van der Waals surface area contributed by atoms with Gasteiger partial charge >= 0.3 is 0 Å². The average Bonchev–Trinajstić information content (AvgIpc) is 3.17. The number of anilines is 1. The SMILES string of the molecule is Cl.O=C(c1ccccc1I)N(CCCN1CCOCC1)c1nc2c(F)cccc2s1. The molecule has 2 heterocycles. The Morgan fingerprint density at radius 2 is 1.97 bits per heavy atom. The number of carbonyl (C=O) groups excluding carboxylic acids is 1. The predicted molar refractivity (Wildman–Crippen MR) is 130 cm³/mol. The van der Waals surface area contributed by atoms with Crippen molar-refractivity contribution in [1.29, 1.82) is 0 Å². The molecule has 30 heavy (non-hydrogen) atoms. The maximum Gasteiger partial charge on any atom is 0.261 e. The van der Waals surface area contributed by atoms with Gasteiger partial charge in [-0.3, -0.25) is 14.6 Å². The number of benzene rings is 2. The molecule has 1 aromatic heterocycles. The van der Waals surface area contributed by atoms with Crippen LogP contribution in [0.2, 0.25) is 0 Å². The smallest absolute Gasteiger partial charge is 0.261 e. The zero-order valence-corrected chi connectivity index (χ0v) is 20.0. The van der Waals surface area contributed by atoms with Gasteiger partial charge in [-0.1, -0.05) is 29.5 Å². The molecule has 160 valence electrons. The minimum absolute atomic E-state index is 0. The van der Waals surface area contributed by atoms with E-state index in [4.69, 9.17) is 4.74 Å². The second kappa shape index (κ2) is 10.8. The molecule has 1 aliphatic rings. The minimum Gasteiger partial charge on any atom is -0.379 e. The van der Waals surface area contributed by atoms with Crippen molar-refractivity contribution >= 4 is 67.6 Å². The number of rotatable bonds is 6. The molecular weight excluding hydrogens is 540 g/mol. The van der Waals surface area contributed by atoms with Crippen LogP contribution in [0, 0.1) is 9.39 Å². The summed E-state index contributed by atoms with van der Waals surface area (Å²) in [6.07, 6.45) is 0.813. The summed E-state index contributed by atoms with van der Waals surface area (Å²) in [4.78, 5) is 21.9. The summed E-state index contributed by atoms with van der Waals surface area (Å²) < 4.78 is 21.2. The number of amides is 1. The zero-order valence-electron chi connectivity index (χ0n) is 16.2. The minimum atomic E-state index is -0.361. The summed E-state index contributed by atoms with van der Waals surface area (Å²) in [6, 6.07) is 12.4. The van der Waals surface area contributed by atoms with Gasteiger partial charge in [0.2, 0.25) is 0 Å². The third-order valence-corrected chi connectivity index (χ3v) is 6.88. The van der Waals surface area contributed by atoms with Gasteiger partial charge in [0.25, 0.3) is 5.91 Å². The fraction of sp³-hybridized carbons (Fsp3) is 0.333. The van der Waals surface area contributed by atoms with Crippen molar-refractivity contribution in [3.63, 3.8) is 0 Å². The molecule has 0 unspecified atom stereocenters. The lowest BCUT2D eigenvalue weighted by molar-refractivity contribution is 0.0376. The highest BCUT2D eigenvalue weighted by molar-refractivity contribution is 14.1. The first-order valence-electron chi connectivity index (χ1n) is 9.55. The van der Waals surface area contributed by atoms with Crippen molar-refractivity contribution in [3.05, 3.63) is 57.4 Å². The van der Waals surface area contributed by atoms with Gasteiger partial charge in [-0.25, -0.2) is 9.37 Å². The summed E-state index contributed by atoms with van der Waals surface area (Å²) >= 11 is 3.53. The Balaban J connectivity index is 0.00000256. The van der Waals surface area contributed by atoms with Crippen LogP contribution < -0.4 is 4.90 Å². The van der Waals surface area contributed by atoms with E-state index in [1.165, 1.54) is 17.4 Å². The van der Waals surface area contributed by atoms with Gasteiger partial charge in [-0.05, 0) is 53.3 Å². The highest BCUT2D eigenvalue weighted by Crippen LogP contribution is 2.31. The summed E-state index contributed by atoms with van der Waals surface area (Å²) in [5, 5.41) is 0.539. The molecule has 0 radical (unpaired) electrons. The highest BCUT2D eigenvalue weighted by atomic mass is 127. The number of hydrogen-bond donors (Lipinski definition) is 0. The van der Waals surface area contributed by atoms with Crippen LogP contribution in [0.3, 0.4) is 0 Å². The lowest BCUT2D eigenvalue weighted by Crippen LogP contribution is -2.39. The summed E-state index contributed by atoms with van der Waals surface area (Å²) in [7, 11) is 0. The number of morpholine rings is 1. The van der Waals surface area contributed by atoms with E-state index in [0.717, 1.165) is 47.5 Å². The molecule has 0 N–H and O–H groups in total. The Labute approximate surface area is 198 Å². The molecule has 0 spiro atoms. The van der Waals surface area contributed by atoms with Crippen LogP contribution in [0.5, 0.6) is 0 Å². The number of halogens is 3. The molecular formula is C21H22ClFIN3O2S. The highest BCUT2D eigenvalue weighted by Gasteiger charge is 2.23. The monoisotopic (exact) mass is 561 g/mol. The van der Waals surface area contributed by atoms with Gasteiger partial charge in [0, 0.05) is 29.7 Å². The van der Waals surface area contributed by atoms with Gasteiger partial charge in [0.05, 0.1) is 23.5 Å². The largest absolute Gasteiger partial charge is 0.379 e. The number of thiazole rings is 1. The molecule has 9 heteroatoms. The molecule has 1 fully saturated rings. The predicted octanol–water partition coefficient (Wildman–Crippen LogP) is 4.83. The second-order valence-corrected chi connectivity index (χ2v) is 9.00. The molecule has 1 saturated heterocycles. The van der Waals surface area contributed by atoms with Gasteiger partial charge in [-0.2, -0.15) is 0 Å². The number of ether oxygens (including phenoxy) is 1. The van der Waals surface area contributed by atoms with Crippen LogP contribution in [0.15, 0.2) is 42.5 Å². The molecule has 1 amide bonds. The fourth-order valence-electron chi connectivity index (χ4n) is 3.36. The molecule has 5 nitrogen and oxygen atoms in total. The van der Waals surface area contributed by atoms with Crippen molar-refractivity contribution in [1.82, 2.24) is 9.88 Å². The Morgan fingerprint density at radius 1 is 1.20 bits per heavy atom.